The van der Waals surface area contributed by atoms with Crippen LogP contribution in [-0.4, -0.2) is 30.6 Å². The smallest absolute Gasteiger partial charge is 0.339 e. The summed E-state index contributed by atoms with van der Waals surface area (Å²) < 4.78 is 5.09. The van der Waals surface area contributed by atoms with E-state index in [1.807, 2.05) is 18.2 Å². The molecular formula is C20H21NO4. The number of carbonyl (C=O) groups excluding carboxylic acids is 1. The molecule has 1 amide bonds. The number of amides is 1. The number of hydrogen-bond donors (Lipinski definition) is 2. The molecule has 0 atom stereocenters. The molecule has 2 aromatic rings. The van der Waals surface area contributed by atoms with Crippen molar-refractivity contribution < 1.29 is 19.4 Å². The third-order valence-electron chi connectivity index (χ3n) is 4.85. The van der Waals surface area contributed by atoms with Gasteiger partial charge in [0, 0.05) is 17.5 Å². The van der Waals surface area contributed by atoms with Crippen LogP contribution in [0.5, 0.6) is 5.75 Å². The summed E-state index contributed by atoms with van der Waals surface area (Å²) in [6, 6.07) is 13.1. The summed E-state index contributed by atoms with van der Waals surface area (Å²) in [6.07, 6.45) is 2.08. The molecule has 2 N–H and O–H groups in total. The first kappa shape index (κ1) is 17.0. The standard InChI is InChI=1S/C20H21NO4/c1-13-10-17(25-2)16(19(23)24)11-15(13)18(22)21-12-20(8-9-20)14-6-4-3-5-7-14/h3-7,10-11H,8-9,12H2,1-2H3,(H,21,22)(H,23,24). The minimum atomic E-state index is -1.12. The molecule has 0 saturated heterocycles. The molecule has 1 aliphatic rings. The molecule has 0 unspecified atom stereocenters. The Morgan fingerprint density at radius 3 is 2.40 bits per heavy atom. The predicted octanol–water partition coefficient (Wildman–Crippen LogP) is 3.16. The van der Waals surface area contributed by atoms with Gasteiger partial charge in [-0.05, 0) is 43.0 Å². The maximum atomic E-state index is 12.6. The van der Waals surface area contributed by atoms with Gasteiger partial charge in [0.15, 0.2) is 0 Å². The Morgan fingerprint density at radius 2 is 1.84 bits per heavy atom. The van der Waals surface area contributed by atoms with Gasteiger partial charge in [0.25, 0.3) is 5.91 Å². The van der Waals surface area contributed by atoms with Crippen molar-refractivity contribution in [3.05, 3.63) is 64.7 Å². The second-order valence-corrected chi connectivity index (χ2v) is 6.50. The molecule has 5 heteroatoms. The summed E-state index contributed by atoms with van der Waals surface area (Å²) in [5.41, 5.74) is 2.27. The van der Waals surface area contributed by atoms with Gasteiger partial charge in [-0.3, -0.25) is 4.79 Å². The van der Waals surface area contributed by atoms with Gasteiger partial charge < -0.3 is 15.2 Å². The average molecular weight is 339 g/mol. The molecule has 5 nitrogen and oxygen atoms in total. The minimum Gasteiger partial charge on any atom is -0.496 e. The molecule has 25 heavy (non-hydrogen) atoms. The number of carbonyl (C=O) groups is 2. The summed E-state index contributed by atoms with van der Waals surface area (Å²) in [6.45, 7) is 2.32. The van der Waals surface area contributed by atoms with Gasteiger partial charge in [0.05, 0.1) is 7.11 Å². The molecule has 0 heterocycles. The van der Waals surface area contributed by atoms with Crippen molar-refractivity contribution in [2.45, 2.75) is 25.2 Å². The van der Waals surface area contributed by atoms with Gasteiger partial charge in [-0.1, -0.05) is 30.3 Å². The van der Waals surface area contributed by atoms with Crippen molar-refractivity contribution in [2.24, 2.45) is 0 Å². The van der Waals surface area contributed by atoms with E-state index in [1.54, 1.807) is 13.0 Å². The van der Waals surface area contributed by atoms with E-state index < -0.39 is 5.97 Å². The molecule has 1 aliphatic carbocycles. The molecular weight excluding hydrogens is 318 g/mol. The van der Waals surface area contributed by atoms with E-state index in [-0.39, 0.29) is 22.6 Å². The molecule has 0 radical (unpaired) electrons. The summed E-state index contributed by atoms with van der Waals surface area (Å²) in [4.78, 5) is 24.0. The largest absolute Gasteiger partial charge is 0.496 e. The van der Waals surface area contributed by atoms with Crippen LogP contribution in [-0.2, 0) is 5.41 Å². The molecule has 0 aromatic heterocycles. The fraction of sp³-hybridized carbons (Fsp3) is 0.300. The zero-order valence-corrected chi connectivity index (χ0v) is 14.3. The topological polar surface area (TPSA) is 75.6 Å². The Hall–Kier alpha value is -2.82. The number of carboxylic acids is 1. The summed E-state index contributed by atoms with van der Waals surface area (Å²) >= 11 is 0. The van der Waals surface area contributed by atoms with Crippen LogP contribution in [0.4, 0.5) is 0 Å². The van der Waals surface area contributed by atoms with Crippen molar-refractivity contribution in [3.8, 4) is 5.75 Å². The monoisotopic (exact) mass is 339 g/mol. The zero-order valence-electron chi connectivity index (χ0n) is 14.3. The van der Waals surface area contributed by atoms with Crippen molar-refractivity contribution in [3.63, 3.8) is 0 Å². The zero-order chi connectivity index (χ0) is 18.0. The molecule has 0 aliphatic heterocycles. The Labute approximate surface area is 146 Å². The number of aryl methyl sites for hydroxylation is 1. The van der Waals surface area contributed by atoms with Crippen LogP contribution in [0, 0.1) is 6.92 Å². The second kappa shape index (κ2) is 6.59. The highest BCUT2D eigenvalue weighted by atomic mass is 16.5. The van der Waals surface area contributed by atoms with Crippen LogP contribution in [0.25, 0.3) is 0 Å². The third-order valence-corrected chi connectivity index (χ3v) is 4.85. The van der Waals surface area contributed by atoms with E-state index in [4.69, 9.17) is 4.74 Å². The summed E-state index contributed by atoms with van der Waals surface area (Å²) in [5, 5.41) is 12.3. The number of nitrogens with one attached hydrogen (secondary N) is 1. The highest BCUT2D eigenvalue weighted by Crippen LogP contribution is 2.47. The SMILES string of the molecule is COc1cc(C)c(C(=O)NCC2(c3ccccc3)CC2)cc1C(=O)O. The van der Waals surface area contributed by atoms with Crippen LogP contribution in [0.15, 0.2) is 42.5 Å². The number of carboxylic acid groups (broad SMARTS) is 1. The fourth-order valence-electron chi connectivity index (χ4n) is 3.12. The molecule has 1 saturated carbocycles. The molecule has 3 rings (SSSR count). The van der Waals surface area contributed by atoms with Crippen LogP contribution < -0.4 is 10.1 Å². The van der Waals surface area contributed by atoms with Crippen LogP contribution in [0.1, 0.15) is 44.7 Å². The number of hydrogen-bond acceptors (Lipinski definition) is 3. The summed E-state index contributed by atoms with van der Waals surface area (Å²) in [7, 11) is 1.41. The van der Waals surface area contributed by atoms with Crippen molar-refractivity contribution in [2.75, 3.05) is 13.7 Å². The van der Waals surface area contributed by atoms with Gasteiger partial charge in [0.2, 0.25) is 0 Å². The maximum Gasteiger partial charge on any atom is 0.339 e. The lowest BCUT2D eigenvalue weighted by Gasteiger charge is -2.17. The lowest BCUT2D eigenvalue weighted by atomic mass is 9.95. The first-order valence-corrected chi connectivity index (χ1v) is 8.22. The van der Waals surface area contributed by atoms with E-state index in [1.165, 1.54) is 18.7 Å². The molecule has 130 valence electrons. The van der Waals surface area contributed by atoms with Crippen molar-refractivity contribution in [1.82, 2.24) is 5.32 Å². The summed E-state index contributed by atoms with van der Waals surface area (Å²) in [5.74, 6) is -1.12. The quantitative estimate of drug-likeness (QED) is 0.848. The number of benzene rings is 2. The molecule has 1 fully saturated rings. The Kier molecular flexibility index (Phi) is 4.49. The van der Waals surface area contributed by atoms with Gasteiger partial charge >= 0.3 is 5.97 Å². The number of methoxy groups -OCH3 is 1. The average Bonchev–Trinajstić information content (AvgIpc) is 3.41. The lowest BCUT2D eigenvalue weighted by Crippen LogP contribution is -2.32. The van der Waals surface area contributed by atoms with Crippen molar-refractivity contribution in [1.29, 1.82) is 0 Å². The number of ether oxygens (including phenoxy) is 1. The molecule has 0 spiro atoms. The predicted molar refractivity (Wildman–Crippen MR) is 94.4 cm³/mol. The minimum absolute atomic E-state index is 0.00687. The highest BCUT2D eigenvalue weighted by Gasteiger charge is 2.44. The Balaban J connectivity index is 1.78. The van der Waals surface area contributed by atoms with E-state index in [0.717, 1.165) is 12.8 Å². The normalized spacial score (nSPS) is 14.6. The molecule has 0 bridgehead atoms. The van der Waals surface area contributed by atoms with Gasteiger partial charge in [-0.2, -0.15) is 0 Å². The van der Waals surface area contributed by atoms with Crippen LogP contribution in [0.2, 0.25) is 0 Å². The van der Waals surface area contributed by atoms with Crippen LogP contribution >= 0.6 is 0 Å². The van der Waals surface area contributed by atoms with Crippen LogP contribution in [0.3, 0.4) is 0 Å². The Morgan fingerprint density at radius 1 is 1.16 bits per heavy atom. The van der Waals surface area contributed by atoms with E-state index in [2.05, 4.69) is 17.4 Å². The maximum absolute atomic E-state index is 12.6. The Bertz CT molecular complexity index is 810. The van der Waals surface area contributed by atoms with Gasteiger partial charge in [-0.25, -0.2) is 4.79 Å². The molecule has 2 aromatic carbocycles. The fourth-order valence-corrected chi connectivity index (χ4v) is 3.12. The third kappa shape index (κ3) is 3.36. The highest BCUT2D eigenvalue weighted by molar-refractivity contribution is 6.00. The van der Waals surface area contributed by atoms with E-state index in [9.17, 15) is 14.7 Å². The van der Waals surface area contributed by atoms with E-state index >= 15 is 0 Å². The lowest BCUT2D eigenvalue weighted by molar-refractivity contribution is 0.0693. The van der Waals surface area contributed by atoms with Crippen molar-refractivity contribution >= 4 is 11.9 Å². The number of rotatable bonds is 6. The first-order chi connectivity index (χ1) is 12.0. The first-order valence-electron chi connectivity index (χ1n) is 8.22. The second-order valence-electron chi connectivity index (χ2n) is 6.50. The van der Waals surface area contributed by atoms with Gasteiger partial charge in [0.1, 0.15) is 11.3 Å². The van der Waals surface area contributed by atoms with Gasteiger partial charge in [-0.15, -0.1) is 0 Å². The van der Waals surface area contributed by atoms with E-state index in [0.29, 0.717) is 17.7 Å². The number of aromatic carboxylic acids is 1.